The van der Waals surface area contributed by atoms with E-state index in [4.69, 9.17) is 10.5 Å². The fraction of sp³-hybridized carbons (Fsp3) is 0.250. The minimum absolute atomic E-state index is 0.215. The molecule has 104 valence electrons. The highest BCUT2D eigenvalue weighted by Gasteiger charge is 2.29. The Labute approximate surface area is 116 Å². The van der Waals surface area contributed by atoms with Gasteiger partial charge in [-0.15, -0.1) is 0 Å². The lowest BCUT2D eigenvalue weighted by Gasteiger charge is -2.31. The fourth-order valence-corrected chi connectivity index (χ4v) is 2.58. The molecule has 4 heteroatoms. The molecule has 2 aromatic rings. The van der Waals surface area contributed by atoms with Crippen molar-refractivity contribution in [3.8, 4) is 5.75 Å². The van der Waals surface area contributed by atoms with Crippen molar-refractivity contribution in [2.75, 3.05) is 0 Å². The molecular weight excluding hydrogens is 260 g/mol. The van der Waals surface area contributed by atoms with E-state index in [2.05, 4.69) is 0 Å². The first-order valence-corrected chi connectivity index (χ1v) is 6.53. The van der Waals surface area contributed by atoms with E-state index in [-0.39, 0.29) is 11.6 Å². The van der Waals surface area contributed by atoms with Gasteiger partial charge in [-0.05, 0) is 19.1 Å². The van der Waals surface area contributed by atoms with Crippen molar-refractivity contribution in [1.29, 1.82) is 0 Å². The van der Waals surface area contributed by atoms with Gasteiger partial charge in [0, 0.05) is 23.6 Å². The van der Waals surface area contributed by atoms with Gasteiger partial charge in [0.05, 0.1) is 0 Å². The van der Waals surface area contributed by atoms with Gasteiger partial charge in [-0.3, -0.25) is 0 Å². The third-order valence-electron chi connectivity index (χ3n) is 3.63. The van der Waals surface area contributed by atoms with Gasteiger partial charge in [-0.25, -0.2) is 8.78 Å². The topological polar surface area (TPSA) is 35.2 Å². The molecule has 0 aliphatic carbocycles. The van der Waals surface area contributed by atoms with Gasteiger partial charge in [0.25, 0.3) is 0 Å². The molecule has 1 aliphatic heterocycles. The summed E-state index contributed by atoms with van der Waals surface area (Å²) in [6.07, 6.45) is -0.132. The summed E-state index contributed by atoms with van der Waals surface area (Å²) in [6.45, 7) is 1.98. The normalized spacial score (nSPS) is 21.2. The van der Waals surface area contributed by atoms with Crippen LogP contribution < -0.4 is 10.5 Å². The second-order valence-corrected chi connectivity index (χ2v) is 5.13. The molecule has 0 saturated carbocycles. The lowest BCUT2D eigenvalue weighted by atomic mass is 9.92. The molecule has 0 aromatic heterocycles. The summed E-state index contributed by atoms with van der Waals surface area (Å²) in [5.41, 5.74) is 8.36. The number of fused-ring (bicyclic) bond motifs is 1. The van der Waals surface area contributed by atoms with Crippen LogP contribution >= 0.6 is 0 Å². The molecule has 0 amide bonds. The van der Waals surface area contributed by atoms with E-state index in [1.165, 1.54) is 12.1 Å². The van der Waals surface area contributed by atoms with E-state index in [1.807, 2.05) is 25.1 Å². The second kappa shape index (κ2) is 4.87. The molecule has 1 unspecified atom stereocenters. The second-order valence-electron chi connectivity index (χ2n) is 5.13. The van der Waals surface area contributed by atoms with E-state index >= 15 is 0 Å². The van der Waals surface area contributed by atoms with Crippen molar-refractivity contribution in [1.82, 2.24) is 0 Å². The van der Waals surface area contributed by atoms with Crippen molar-refractivity contribution < 1.29 is 13.5 Å². The monoisotopic (exact) mass is 275 g/mol. The van der Waals surface area contributed by atoms with E-state index in [0.717, 1.165) is 17.2 Å². The lowest BCUT2D eigenvalue weighted by Crippen LogP contribution is -2.25. The number of aryl methyl sites for hydroxylation is 1. The SMILES string of the molecule is Cc1ccc2c(c1)[C@@H](N)CC(c1cccc(F)c1F)O2. The number of benzene rings is 2. The predicted molar refractivity (Wildman–Crippen MR) is 72.5 cm³/mol. The summed E-state index contributed by atoms with van der Waals surface area (Å²) in [7, 11) is 0. The van der Waals surface area contributed by atoms with Crippen molar-refractivity contribution in [2.45, 2.75) is 25.5 Å². The molecule has 2 N–H and O–H groups in total. The first-order chi connectivity index (χ1) is 9.56. The third-order valence-corrected chi connectivity index (χ3v) is 3.63. The van der Waals surface area contributed by atoms with Crippen LogP contribution in [0.4, 0.5) is 8.78 Å². The highest BCUT2D eigenvalue weighted by atomic mass is 19.2. The van der Waals surface area contributed by atoms with Gasteiger partial charge in [-0.1, -0.05) is 29.8 Å². The van der Waals surface area contributed by atoms with Gasteiger partial charge in [0.15, 0.2) is 11.6 Å². The van der Waals surface area contributed by atoms with Gasteiger partial charge in [0.2, 0.25) is 0 Å². The van der Waals surface area contributed by atoms with Crippen molar-refractivity contribution in [3.63, 3.8) is 0 Å². The van der Waals surface area contributed by atoms with Gasteiger partial charge >= 0.3 is 0 Å². The molecule has 2 atom stereocenters. The number of halogens is 2. The summed E-state index contributed by atoms with van der Waals surface area (Å²) >= 11 is 0. The molecule has 1 aliphatic rings. The Morgan fingerprint density at radius 3 is 2.75 bits per heavy atom. The van der Waals surface area contributed by atoms with E-state index < -0.39 is 17.7 Å². The average molecular weight is 275 g/mol. The Bertz CT molecular complexity index is 657. The summed E-state index contributed by atoms with van der Waals surface area (Å²) in [5, 5.41) is 0. The molecule has 2 nitrogen and oxygen atoms in total. The predicted octanol–water partition coefficient (Wildman–Crippen LogP) is 3.80. The number of hydrogen-bond acceptors (Lipinski definition) is 2. The Kier molecular flexibility index (Phi) is 3.18. The van der Waals surface area contributed by atoms with Crippen molar-refractivity contribution >= 4 is 0 Å². The van der Waals surface area contributed by atoms with Gasteiger partial charge < -0.3 is 10.5 Å². The van der Waals surface area contributed by atoms with Crippen molar-refractivity contribution in [2.24, 2.45) is 5.73 Å². The third kappa shape index (κ3) is 2.16. The summed E-state index contributed by atoms with van der Waals surface area (Å²) in [5.74, 6) is -1.09. The number of hydrogen-bond donors (Lipinski definition) is 1. The maximum atomic E-state index is 13.9. The smallest absolute Gasteiger partial charge is 0.165 e. The molecule has 3 rings (SSSR count). The van der Waals surface area contributed by atoms with Crippen LogP contribution in [-0.4, -0.2) is 0 Å². The molecule has 0 radical (unpaired) electrons. The Morgan fingerprint density at radius 2 is 1.95 bits per heavy atom. The lowest BCUT2D eigenvalue weighted by molar-refractivity contribution is 0.156. The molecule has 0 bridgehead atoms. The number of nitrogens with two attached hydrogens (primary N) is 1. The summed E-state index contributed by atoms with van der Waals surface area (Å²) in [4.78, 5) is 0. The van der Waals surface area contributed by atoms with Crippen LogP contribution in [-0.2, 0) is 0 Å². The summed E-state index contributed by atoms with van der Waals surface area (Å²) in [6, 6.07) is 9.58. The Balaban J connectivity index is 1.99. The van der Waals surface area contributed by atoms with Crippen LogP contribution in [0.1, 0.15) is 35.3 Å². The number of rotatable bonds is 1. The quantitative estimate of drug-likeness (QED) is 0.859. The van der Waals surface area contributed by atoms with Crippen LogP contribution in [0.2, 0.25) is 0 Å². The van der Waals surface area contributed by atoms with Gasteiger partial charge in [-0.2, -0.15) is 0 Å². The average Bonchev–Trinajstić information content (AvgIpc) is 2.42. The molecule has 1 heterocycles. The molecule has 2 aromatic carbocycles. The van der Waals surface area contributed by atoms with Crippen molar-refractivity contribution in [3.05, 3.63) is 64.7 Å². The van der Waals surface area contributed by atoms with E-state index in [0.29, 0.717) is 12.2 Å². The zero-order chi connectivity index (χ0) is 14.3. The fourth-order valence-electron chi connectivity index (χ4n) is 2.58. The minimum atomic E-state index is -0.866. The van der Waals surface area contributed by atoms with E-state index in [9.17, 15) is 8.78 Å². The first kappa shape index (κ1) is 13.1. The molecule has 0 saturated heterocycles. The largest absolute Gasteiger partial charge is 0.485 e. The maximum Gasteiger partial charge on any atom is 0.165 e. The van der Waals surface area contributed by atoms with Gasteiger partial charge in [0.1, 0.15) is 11.9 Å². The standard InChI is InChI=1S/C16H15F2NO/c1-9-5-6-14-11(7-9)13(19)8-15(20-14)10-3-2-4-12(17)16(10)18/h2-7,13,15H,8,19H2,1H3/t13-,15?/m0/s1. The minimum Gasteiger partial charge on any atom is -0.485 e. The van der Waals surface area contributed by atoms with Crippen LogP contribution in [0.5, 0.6) is 5.75 Å². The first-order valence-electron chi connectivity index (χ1n) is 6.53. The molecule has 0 spiro atoms. The van der Waals surface area contributed by atoms with Crippen LogP contribution in [0.25, 0.3) is 0 Å². The maximum absolute atomic E-state index is 13.9. The number of ether oxygens (including phenoxy) is 1. The van der Waals surface area contributed by atoms with Crippen LogP contribution in [0.3, 0.4) is 0 Å². The van der Waals surface area contributed by atoms with Crippen LogP contribution in [0, 0.1) is 18.6 Å². The zero-order valence-electron chi connectivity index (χ0n) is 11.1. The highest BCUT2D eigenvalue weighted by Crippen LogP contribution is 2.40. The summed E-state index contributed by atoms with van der Waals surface area (Å²) < 4.78 is 33.0. The Hall–Kier alpha value is -1.94. The van der Waals surface area contributed by atoms with Crippen LogP contribution in [0.15, 0.2) is 36.4 Å². The van der Waals surface area contributed by atoms with E-state index in [1.54, 1.807) is 0 Å². The molecule has 20 heavy (non-hydrogen) atoms. The Morgan fingerprint density at radius 1 is 1.15 bits per heavy atom. The molecular formula is C16H15F2NO. The zero-order valence-corrected chi connectivity index (χ0v) is 11.1. The molecule has 0 fully saturated rings. The highest BCUT2D eigenvalue weighted by molar-refractivity contribution is 5.41.